The molecule has 0 saturated heterocycles. The molecule has 0 bridgehead atoms. The van der Waals surface area contributed by atoms with E-state index in [-0.39, 0.29) is 12.5 Å². The fourth-order valence-corrected chi connectivity index (χ4v) is 2.69. The normalized spacial score (nSPS) is 10.4. The Bertz CT molecular complexity index is 784. The average Bonchev–Trinajstić information content (AvgIpc) is 2.70. The maximum absolute atomic E-state index is 12.1. The van der Waals surface area contributed by atoms with Gasteiger partial charge in [0.05, 0.1) is 12.2 Å². The molecule has 0 aliphatic heterocycles. The molecule has 0 unspecified atom stereocenters. The van der Waals surface area contributed by atoms with Crippen LogP contribution >= 0.6 is 0 Å². The van der Waals surface area contributed by atoms with Crippen molar-refractivity contribution < 1.29 is 19.1 Å². The molecule has 0 fully saturated rings. The summed E-state index contributed by atoms with van der Waals surface area (Å²) in [6, 6.07) is 12.4. The van der Waals surface area contributed by atoms with Gasteiger partial charge in [0.1, 0.15) is 5.75 Å². The van der Waals surface area contributed by atoms with Gasteiger partial charge in [-0.15, -0.1) is 0 Å². The molecule has 0 spiro atoms. The van der Waals surface area contributed by atoms with Crippen LogP contribution < -0.4 is 10.1 Å². The molecule has 28 heavy (non-hydrogen) atoms. The standard InChI is InChI=1S/C23H29NO4/c1-4-5-6-7-15-27-20-13-11-19(12-14-20)23(26)28-16-22(25)24-21-10-8-9-17(2)18(21)3/h8-14H,4-7,15-16H2,1-3H3,(H,24,25). The lowest BCUT2D eigenvalue weighted by atomic mass is 10.1. The summed E-state index contributed by atoms with van der Waals surface area (Å²) < 4.78 is 10.8. The van der Waals surface area contributed by atoms with E-state index < -0.39 is 5.97 Å². The van der Waals surface area contributed by atoms with Crippen molar-refractivity contribution in [3.8, 4) is 5.75 Å². The summed E-state index contributed by atoms with van der Waals surface area (Å²) in [6.45, 7) is 6.42. The highest BCUT2D eigenvalue weighted by Gasteiger charge is 2.11. The van der Waals surface area contributed by atoms with E-state index in [9.17, 15) is 9.59 Å². The molecule has 0 radical (unpaired) electrons. The van der Waals surface area contributed by atoms with Crippen molar-refractivity contribution in [2.75, 3.05) is 18.5 Å². The average molecular weight is 383 g/mol. The van der Waals surface area contributed by atoms with E-state index in [0.717, 1.165) is 35.4 Å². The molecule has 0 atom stereocenters. The number of carbonyl (C=O) groups is 2. The van der Waals surface area contributed by atoms with Crippen molar-refractivity contribution in [1.82, 2.24) is 0 Å². The highest BCUT2D eigenvalue weighted by molar-refractivity contribution is 5.96. The van der Waals surface area contributed by atoms with Crippen LogP contribution in [0.2, 0.25) is 0 Å². The molecule has 1 N–H and O–H groups in total. The van der Waals surface area contributed by atoms with Gasteiger partial charge in [0, 0.05) is 5.69 Å². The molecule has 0 heterocycles. The van der Waals surface area contributed by atoms with Gasteiger partial charge < -0.3 is 14.8 Å². The van der Waals surface area contributed by atoms with E-state index >= 15 is 0 Å². The quantitative estimate of drug-likeness (QED) is 0.460. The van der Waals surface area contributed by atoms with Gasteiger partial charge >= 0.3 is 5.97 Å². The Kier molecular flexibility index (Phi) is 8.53. The van der Waals surface area contributed by atoms with Crippen molar-refractivity contribution in [1.29, 1.82) is 0 Å². The minimum atomic E-state index is -0.536. The molecule has 2 rings (SSSR count). The topological polar surface area (TPSA) is 64.6 Å². The number of amides is 1. The Morgan fingerprint density at radius 2 is 1.71 bits per heavy atom. The number of aryl methyl sites for hydroxylation is 1. The third kappa shape index (κ3) is 6.72. The van der Waals surface area contributed by atoms with Crippen molar-refractivity contribution in [2.45, 2.75) is 46.5 Å². The first-order valence-corrected chi connectivity index (χ1v) is 9.77. The van der Waals surface area contributed by atoms with Crippen LogP contribution in [0, 0.1) is 13.8 Å². The van der Waals surface area contributed by atoms with Gasteiger partial charge in [-0.05, 0) is 61.7 Å². The molecule has 2 aromatic rings. The molecule has 0 aliphatic carbocycles. The molecule has 150 valence electrons. The molecular weight excluding hydrogens is 354 g/mol. The van der Waals surface area contributed by atoms with Crippen LogP contribution in [0.1, 0.15) is 54.1 Å². The van der Waals surface area contributed by atoms with Crippen LogP contribution in [0.4, 0.5) is 5.69 Å². The SMILES string of the molecule is CCCCCCOc1ccc(C(=O)OCC(=O)Nc2cccc(C)c2C)cc1. The van der Waals surface area contributed by atoms with Gasteiger partial charge in [-0.1, -0.05) is 38.3 Å². The number of benzene rings is 2. The second kappa shape index (κ2) is 11.1. The minimum Gasteiger partial charge on any atom is -0.494 e. The van der Waals surface area contributed by atoms with E-state index in [1.54, 1.807) is 24.3 Å². The molecular formula is C23H29NO4. The maximum Gasteiger partial charge on any atom is 0.338 e. The van der Waals surface area contributed by atoms with E-state index in [1.165, 1.54) is 12.8 Å². The van der Waals surface area contributed by atoms with Gasteiger partial charge in [0.15, 0.2) is 6.61 Å². The lowest BCUT2D eigenvalue weighted by Crippen LogP contribution is -2.21. The highest BCUT2D eigenvalue weighted by atomic mass is 16.5. The van der Waals surface area contributed by atoms with Crippen LogP contribution in [0.15, 0.2) is 42.5 Å². The summed E-state index contributed by atoms with van der Waals surface area (Å²) in [7, 11) is 0. The van der Waals surface area contributed by atoms with Crippen molar-refractivity contribution in [3.05, 3.63) is 59.2 Å². The van der Waals surface area contributed by atoms with Crippen LogP contribution in [-0.2, 0) is 9.53 Å². The van der Waals surface area contributed by atoms with Gasteiger partial charge in [0.2, 0.25) is 0 Å². The minimum absolute atomic E-state index is 0.331. The number of unbranched alkanes of at least 4 members (excludes halogenated alkanes) is 3. The lowest BCUT2D eigenvalue weighted by Gasteiger charge is -2.11. The maximum atomic E-state index is 12.1. The van der Waals surface area contributed by atoms with Crippen LogP contribution in [-0.4, -0.2) is 25.1 Å². The predicted octanol–water partition coefficient (Wildman–Crippen LogP) is 5.06. The van der Waals surface area contributed by atoms with Gasteiger partial charge in [0.25, 0.3) is 5.91 Å². The summed E-state index contributed by atoms with van der Waals surface area (Å²) in [6.07, 6.45) is 4.59. The summed E-state index contributed by atoms with van der Waals surface area (Å²) in [5.74, 6) is -0.180. The predicted molar refractivity (Wildman–Crippen MR) is 111 cm³/mol. The van der Waals surface area contributed by atoms with Crippen LogP contribution in [0.3, 0.4) is 0 Å². The fraction of sp³-hybridized carbons (Fsp3) is 0.391. The number of rotatable bonds is 10. The molecule has 0 aromatic heterocycles. The Morgan fingerprint density at radius 3 is 2.43 bits per heavy atom. The second-order valence-corrected chi connectivity index (χ2v) is 6.81. The Hall–Kier alpha value is -2.82. The molecule has 5 nitrogen and oxygen atoms in total. The summed E-state index contributed by atoms with van der Waals surface area (Å²) in [4.78, 5) is 24.2. The largest absolute Gasteiger partial charge is 0.494 e. The number of carbonyl (C=O) groups excluding carboxylic acids is 2. The number of anilines is 1. The first-order valence-electron chi connectivity index (χ1n) is 9.77. The number of ether oxygens (including phenoxy) is 2. The van der Waals surface area contributed by atoms with Gasteiger partial charge in [-0.2, -0.15) is 0 Å². The Morgan fingerprint density at radius 1 is 0.964 bits per heavy atom. The Balaban J connectivity index is 1.77. The zero-order chi connectivity index (χ0) is 20.4. The zero-order valence-electron chi connectivity index (χ0n) is 16.9. The number of esters is 1. The smallest absolute Gasteiger partial charge is 0.338 e. The van der Waals surface area contributed by atoms with Crippen molar-refractivity contribution in [3.63, 3.8) is 0 Å². The summed E-state index contributed by atoms with van der Waals surface area (Å²) in [5, 5.41) is 2.77. The number of hydrogen-bond donors (Lipinski definition) is 1. The van der Waals surface area contributed by atoms with Crippen molar-refractivity contribution >= 4 is 17.6 Å². The first kappa shape index (κ1) is 21.5. The molecule has 0 saturated carbocycles. The van der Waals surface area contributed by atoms with Crippen LogP contribution in [0.5, 0.6) is 5.75 Å². The molecule has 1 amide bonds. The fourth-order valence-electron chi connectivity index (χ4n) is 2.69. The number of hydrogen-bond acceptors (Lipinski definition) is 4. The molecule has 2 aromatic carbocycles. The molecule has 5 heteroatoms. The van der Waals surface area contributed by atoms with E-state index in [0.29, 0.717) is 12.2 Å². The van der Waals surface area contributed by atoms with Crippen molar-refractivity contribution in [2.24, 2.45) is 0 Å². The zero-order valence-corrected chi connectivity index (χ0v) is 16.9. The number of nitrogens with one attached hydrogen (secondary N) is 1. The lowest BCUT2D eigenvalue weighted by molar-refractivity contribution is -0.119. The van der Waals surface area contributed by atoms with Gasteiger partial charge in [-0.3, -0.25) is 4.79 Å². The van der Waals surface area contributed by atoms with Gasteiger partial charge in [-0.25, -0.2) is 4.79 Å². The van der Waals surface area contributed by atoms with E-state index in [2.05, 4.69) is 12.2 Å². The monoisotopic (exact) mass is 383 g/mol. The van der Waals surface area contributed by atoms with E-state index in [4.69, 9.17) is 9.47 Å². The van der Waals surface area contributed by atoms with Crippen LogP contribution in [0.25, 0.3) is 0 Å². The first-order chi connectivity index (χ1) is 13.5. The third-order valence-corrected chi connectivity index (χ3v) is 4.57. The summed E-state index contributed by atoms with van der Waals surface area (Å²) in [5.41, 5.74) is 3.19. The second-order valence-electron chi connectivity index (χ2n) is 6.81. The highest BCUT2D eigenvalue weighted by Crippen LogP contribution is 2.18. The van der Waals surface area contributed by atoms with E-state index in [1.807, 2.05) is 32.0 Å². The molecule has 0 aliphatic rings. The third-order valence-electron chi connectivity index (χ3n) is 4.57. The Labute approximate surface area is 167 Å². The summed E-state index contributed by atoms with van der Waals surface area (Å²) >= 11 is 0.